The van der Waals surface area contributed by atoms with E-state index < -0.39 is 28.4 Å². The Morgan fingerprint density at radius 2 is 1.80 bits per heavy atom. The van der Waals surface area contributed by atoms with Gasteiger partial charge in [-0.25, -0.2) is 17.5 Å². The Morgan fingerprint density at radius 1 is 1.17 bits per heavy atom. The lowest BCUT2D eigenvalue weighted by molar-refractivity contribution is -0.218. The third-order valence-corrected chi connectivity index (χ3v) is 7.04. The number of hydrogen-bond donors (Lipinski definition) is 2. The normalized spacial score (nSPS) is 19.3. The standard InChI is InChI=1S/C19H28ClF4N3O2S/c1-14(27-10-4-3-5-11-27)8-9-26-30(28,29)17-12-15(20)6-7-16(17)25-13-18(2,21)19(22,23)24/h6-7,12,14,25-26H,3-5,8-11,13H2,1-2H3. The molecule has 1 aromatic carbocycles. The van der Waals surface area contributed by atoms with Gasteiger partial charge in [-0.3, -0.25) is 0 Å². The molecule has 2 rings (SSSR count). The molecular weight excluding hydrogens is 446 g/mol. The summed E-state index contributed by atoms with van der Waals surface area (Å²) < 4.78 is 80.1. The van der Waals surface area contributed by atoms with Crippen LogP contribution in [0.5, 0.6) is 0 Å². The molecule has 172 valence electrons. The third-order valence-electron chi connectivity index (χ3n) is 5.30. The summed E-state index contributed by atoms with van der Waals surface area (Å²) in [6.07, 6.45) is -1.06. The van der Waals surface area contributed by atoms with Crippen molar-refractivity contribution in [3.05, 3.63) is 23.2 Å². The lowest BCUT2D eigenvalue weighted by Crippen LogP contribution is -2.44. The molecule has 0 amide bonds. The highest BCUT2D eigenvalue weighted by Crippen LogP contribution is 2.34. The predicted molar refractivity (Wildman–Crippen MR) is 110 cm³/mol. The van der Waals surface area contributed by atoms with Gasteiger partial charge in [0.25, 0.3) is 0 Å². The number of sulfonamides is 1. The quantitative estimate of drug-likeness (QED) is 0.515. The molecule has 0 spiro atoms. The van der Waals surface area contributed by atoms with E-state index in [1.54, 1.807) is 0 Å². The van der Waals surface area contributed by atoms with Crippen molar-refractivity contribution in [2.75, 3.05) is 31.5 Å². The molecule has 11 heteroatoms. The van der Waals surface area contributed by atoms with E-state index in [1.165, 1.54) is 18.6 Å². The smallest absolute Gasteiger partial charge is 0.380 e. The molecule has 2 atom stereocenters. The molecule has 30 heavy (non-hydrogen) atoms. The van der Waals surface area contributed by atoms with Gasteiger partial charge in [-0.2, -0.15) is 13.2 Å². The minimum Gasteiger partial charge on any atom is -0.380 e. The maximum absolute atomic E-state index is 13.9. The molecule has 0 aromatic heterocycles. The zero-order valence-electron chi connectivity index (χ0n) is 17.0. The number of piperidine rings is 1. The Labute approximate surface area is 180 Å². The Hall–Kier alpha value is -1.10. The first kappa shape index (κ1) is 25.2. The van der Waals surface area contributed by atoms with Crippen LogP contribution in [0.1, 0.15) is 39.5 Å². The molecule has 1 saturated heterocycles. The number of likely N-dealkylation sites (tertiary alicyclic amines) is 1. The lowest BCUT2D eigenvalue weighted by atomic mass is 10.1. The van der Waals surface area contributed by atoms with E-state index >= 15 is 0 Å². The number of hydrogen-bond acceptors (Lipinski definition) is 4. The first-order chi connectivity index (χ1) is 13.8. The second kappa shape index (κ2) is 10.0. The van der Waals surface area contributed by atoms with Crippen LogP contribution in [0.25, 0.3) is 0 Å². The first-order valence-corrected chi connectivity index (χ1v) is 11.7. The van der Waals surface area contributed by atoms with E-state index in [-0.39, 0.29) is 28.2 Å². The molecule has 0 bridgehead atoms. The van der Waals surface area contributed by atoms with Gasteiger partial charge in [-0.15, -0.1) is 0 Å². The van der Waals surface area contributed by atoms with Crippen LogP contribution in [0.3, 0.4) is 0 Å². The largest absolute Gasteiger partial charge is 0.423 e. The summed E-state index contributed by atoms with van der Waals surface area (Å²) in [7, 11) is -4.06. The van der Waals surface area contributed by atoms with Gasteiger partial charge in [0, 0.05) is 17.6 Å². The van der Waals surface area contributed by atoms with Crippen LogP contribution in [0.15, 0.2) is 23.1 Å². The Balaban J connectivity index is 2.06. The molecule has 5 nitrogen and oxygen atoms in total. The molecule has 1 aliphatic rings. The van der Waals surface area contributed by atoms with Crippen LogP contribution >= 0.6 is 11.6 Å². The van der Waals surface area contributed by atoms with Gasteiger partial charge < -0.3 is 10.2 Å². The number of alkyl halides is 4. The molecule has 2 N–H and O–H groups in total. The number of halogens is 5. The van der Waals surface area contributed by atoms with Crippen LogP contribution in [-0.2, 0) is 10.0 Å². The van der Waals surface area contributed by atoms with E-state index in [0.29, 0.717) is 13.3 Å². The average Bonchev–Trinajstić information content (AvgIpc) is 2.66. The second-order valence-electron chi connectivity index (χ2n) is 7.82. The van der Waals surface area contributed by atoms with Gasteiger partial charge in [-0.05, 0) is 64.4 Å². The van der Waals surface area contributed by atoms with Crippen molar-refractivity contribution in [3.63, 3.8) is 0 Å². The summed E-state index contributed by atoms with van der Waals surface area (Å²) in [5.74, 6) is 0. The predicted octanol–water partition coefficient (Wildman–Crippen LogP) is 4.59. The molecule has 1 fully saturated rings. The van der Waals surface area contributed by atoms with E-state index in [1.807, 2.05) is 6.92 Å². The summed E-state index contributed by atoms with van der Waals surface area (Å²) >= 11 is 5.89. The fourth-order valence-corrected chi connectivity index (χ4v) is 4.74. The summed E-state index contributed by atoms with van der Waals surface area (Å²) in [6, 6.07) is 3.87. The molecule has 1 aliphatic heterocycles. The topological polar surface area (TPSA) is 61.4 Å². The molecule has 0 saturated carbocycles. The van der Waals surface area contributed by atoms with Crippen molar-refractivity contribution in [2.45, 2.75) is 62.3 Å². The van der Waals surface area contributed by atoms with E-state index in [9.17, 15) is 26.0 Å². The van der Waals surface area contributed by atoms with Crippen molar-refractivity contribution in [1.82, 2.24) is 9.62 Å². The fourth-order valence-electron chi connectivity index (χ4n) is 3.25. The van der Waals surface area contributed by atoms with Gasteiger partial charge in [0.05, 0.1) is 12.2 Å². The van der Waals surface area contributed by atoms with Crippen LogP contribution in [0.4, 0.5) is 23.2 Å². The first-order valence-electron chi connectivity index (χ1n) is 9.86. The molecule has 1 aromatic rings. The Morgan fingerprint density at radius 3 is 2.40 bits per heavy atom. The van der Waals surface area contributed by atoms with Crippen molar-refractivity contribution in [2.24, 2.45) is 0 Å². The van der Waals surface area contributed by atoms with Gasteiger partial charge >= 0.3 is 6.18 Å². The molecular formula is C19H28ClF4N3O2S. The number of nitrogens with one attached hydrogen (secondary N) is 2. The van der Waals surface area contributed by atoms with Crippen LogP contribution in [-0.4, -0.2) is 57.4 Å². The maximum atomic E-state index is 13.9. The van der Waals surface area contributed by atoms with Gasteiger partial charge in [0.1, 0.15) is 4.90 Å². The minimum atomic E-state index is -5.09. The highest BCUT2D eigenvalue weighted by atomic mass is 35.5. The van der Waals surface area contributed by atoms with Gasteiger partial charge in [0.2, 0.25) is 15.7 Å². The van der Waals surface area contributed by atoms with Crippen molar-refractivity contribution in [3.8, 4) is 0 Å². The lowest BCUT2D eigenvalue weighted by Gasteiger charge is -2.32. The monoisotopic (exact) mass is 473 g/mol. The fraction of sp³-hybridized carbons (Fsp3) is 0.684. The van der Waals surface area contributed by atoms with E-state index in [0.717, 1.165) is 32.0 Å². The van der Waals surface area contributed by atoms with E-state index in [2.05, 4.69) is 14.9 Å². The summed E-state index contributed by atoms with van der Waals surface area (Å²) in [5.41, 5.74) is -3.67. The minimum absolute atomic E-state index is 0.0986. The number of rotatable bonds is 9. The molecule has 2 unspecified atom stereocenters. The summed E-state index contributed by atoms with van der Waals surface area (Å²) in [6.45, 7) is 3.42. The Bertz CT molecular complexity index is 812. The molecule has 0 radical (unpaired) electrons. The van der Waals surface area contributed by atoms with E-state index in [4.69, 9.17) is 11.6 Å². The molecule has 0 aliphatic carbocycles. The maximum Gasteiger partial charge on any atom is 0.423 e. The third kappa shape index (κ3) is 6.70. The van der Waals surface area contributed by atoms with Crippen LogP contribution in [0.2, 0.25) is 5.02 Å². The Kier molecular flexibility index (Phi) is 8.40. The zero-order chi connectivity index (χ0) is 22.6. The van der Waals surface area contributed by atoms with Crippen LogP contribution < -0.4 is 10.0 Å². The van der Waals surface area contributed by atoms with Gasteiger partial charge in [0.15, 0.2) is 0 Å². The number of nitrogens with zero attached hydrogens (tertiary/aromatic N) is 1. The number of benzene rings is 1. The van der Waals surface area contributed by atoms with Gasteiger partial charge in [-0.1, -0.05) is 18.0 Å². The molecule has 1 heterocycles. The average molecular weight is 474 g/mol. The highest BCUT2D eigenvalue weighted by molar-refractivity contribution is 7.89. The highest BCUT2D eigenvalue weighted by Gasteiger charge is 2.52. The van der Waals surface area contributed by atoms with Crippen LogP contribution in [0, 0.1) is 0 Å². The number of anilines is 1. The van der Waals surface area contributed by atoms with Crippen molar-refractivity contribution >= 4 is 27.3 Å². The van der Waals surface area contributed by atoms with Crippen molar-refractivity contribution in [1.29, 1.82) is 0 Å². The summed E-state index contributed by atoms with van der Waals surface area (Å²) in [5, 5.41) is 2.36. The van der Waals surface area contributed by atoms with Crippen molar-refractivity contribution < 1.29 is 26.0 Å². The zero-order valence-corrected chi connectivity index (χ0v) is 18.6. The SMILES string of the molecule is CC(CCNS(=O)(=O)c1cc(Cl)ccc1NCC(C)(F)C(F)(F)F)N1CCCCC1. The summed E-state index contributed by atoms with van der Waals surface area (Å²) in [4.78, 5) is 1.99. The second-order valence-corrected chi connectivity index (χ2v) is 9.99.